The number of piperidine rings is 1. The lowest BCUT2D eigenvalue weighted by atomic mass is 10.1. The van der Waals surface area contributed by atoms with Gasteiger partial charge in [-0.05, 0) is 19.3 Å². The van der Waals surface area contributed by atoms with Gasteiger partial charge >= 0.3 is 0 Å². The number of rotatable bonds is 5. The number of anilines is 1. The third-order valence-corrected chi connectivity index (χ3v) is 3.95. The van der Waals surface area contributed by atoms with E-state index in [1.807, 2.05) is 0 Å². The molecule has 2 heterocycles. The van der Waals surface area contributed by atoms with Gasteiger partial charge in [0.2, 0.25) is 0 Å². The Morgan fingerprint density at radius 2 is 2.53 bits per heavy atom. The lowest BCUT2D eigenvalue weighted by molar-refractivity contribution is 0.0440. The lowest BCUT2D eigenvalue weighted by Crippen LogP contribution is -2.39. The van der Waals surface area contributed by atoms with E-state index in [1.165, 1.54) is 0 Å². The van der Waals surface area contributed by atoms with Gasteiger partial charge in [0.15, 0.2) is 5.13 Å². The van der Waals surface area contributed by atoms with Crippen LogP contribution < -0.4 is 4.90 Å². The van der Waals surface area contributed by atoms with Crippen molar-refractivity contribution in [2.45, 2.75) is 38.9 Å². The number of aliphatic hydroxyl groups is 1. The molecule has 96 valence electrons. The molecule has 0 saturated carbocycles. The predicted octanol–water partition coefficient (Wildman–Crippen LogP) is 2.03. The summed E-state index contributed by atoms with van der Waals surface area (Å²) >= 11 is 1.57. The van der Waals surface area contributed by atoms with E-state index in [0.717, 1.165) is 49.0 Å². The van der Waals surface area contributed by atoms with Crippen LogP contribution in [0.5, 0.6) is 0 Å². The molecule has 1 aliphatic heterocycles. The molecule has 4 nitrogen and oxygen atoms in total. The molecule has 1 aliphatic rings. The van der Waals surface area contributed by atoms with Crippen molar-refractivity contribution in [3.63, 3.8) is 0 Å². The first-order chi connectivity index (χ1) is 8.33. The molecule has 1 fully saturated rings. The summed E-state index contributed by atoms with van der Waals surface area (Å²) in [7, 11) is 0. The Balaban J connectivity index is 1.92. The Labute approximate surface area is 106 Å². The van der Waals surface area contributed by atoms with Crippen LogP contribution in [-0.4, -0.2) is 35.9 Å². The van der Waals surface area contributed by atoms with Crippen molar-refractivity contribution in [2.24, 2.45) is 0 Å². The predicted molar refractivity (Wildman–Crippen MR) is 69.5 cm³/mol. The van der Waals surface area contributed by atoms with Crippen LogP contribution in [0.1, 0.15) is 31.1 Å². The van der Waals surface area contributed by atoms with Gasteiger partial charge in [-0.3, -0.25) is 0 Å². The second-order valence-corrected chi connectivity index (χ2v) is 5.44. The molecule has 1 aromatic heterocycles. The SMILES string of the molecule is CCCOC1CCCN(c2ncc(CO)s2)C1. The number of hydrogen-bond donors (Lipinski definition) is 1. The number of ether oxygens (including phenoxy) is 1. The zero-order chi connectivity index (χ0) is 12.1. The zero-order valence-electron chi connectivity index (χ0n) is 10.3. The van der Waals surface area contributed by atoms with Gasteiger partial charge in [-0.15, -0.1) is 0 Å². The summed E-state index contributed by atoms with van der Waals surface area (Å²) in [5.74, 6) is 0. The van der Waals surface area contributed by atoms with Gasteiger partial charge in [-0.25, -0.2) is 4.98 Å². The van der Waals surface area contributed by atoms with E-state index < -0.39 is 0 Å². The van der Waals surface area contributed by atoms with Crippen LogP contribution in [0.25, 0.3) is 0 Å². The van der Waals surface area contributed by atoms with Crippen LogP contribution >= 0.6 is 11.3 Å². The molecule has 0 radical (unpaired) electrons. The van der Waals surface area contributed by atoms with Gasteiger partial charge in [-0.1, -0.05) is 18.3 Å². The number of thiazole rings is 1. The highest BCUT2D eigenvalue weighted by Gasteiger charge is 2.22. The first-order valence-corrected chi connectivity index (χ1v) is 7.07. The molecular formula is C12H20N2O2S. The van der Waals surface area contributed by atoms with E-state index in [2.05, 4.69) is 16.8 Å². The summed E-state index contributed by atoms with van der Waals surface area (Å²) in [6, 6.07) is 0. The first-order valence-electron chi connectivity index (χ1n) is 6.25. The number of aliphatic hydroxyl groups excluding tert-OH is 1. The maximum atomic E-state index is 9.04. The van der Waals surface area contributed by atoms with E-state index >= 15 is 0 Å². The third-order valence-electron chi connectivity index (χ3n) is 2.90. The largest absolute Gasteiger partial charge is 0.391 e. The molecule has 0 aromatic carbocycles. The van der Waals surface area contributed by atoms with E-state index in [0.29, 0.717) is 6.10 Å². The normalized spacial score (nSPS) is 20.8. The fraction of sp³-hybridized carbons (Fsp3) is 0.750. The van der Waals surface area contributed by atoms with Crippen molar-refractivity contribution >= 4 is 16.5 Å². The quantitative estimate of drug-likeness (QED) is 0.875. The van der Waals surface area contributed by atoms with Crippen LogP contribution in [0, 0.1) is 0 Å². The van der Waals surface area contributed by atoms with Gasteiger partial charge in [0, 0.05) is 25.9 Å². The van der Waals surface area contributed by atoms with Crippen LogP contribution in [0.3, 0.4) is 0 Å². The summed E-state index contributed by atoms with van der Waals surface area (Å²) in [6.45, 7) is 5.04. The Morgan fingerprint density at radius 3 is 3.24 bits per heavy atom. The standard InChI is InChI=1S/C12H20N2O2S/c1-2-6-16-10-4-3-5-14(8-10)12-13-7-11(9-15)17-12/h7,10,15H,2-6,8-9H2,1H3. The molecule has 1 N–H and O–H groups in total. The summed E-state index contributed by atoms with van der Waals surface area (Å²) in [5, 5.41) is 10.1. The fourth-order valence-electron chi connectivity index (χ4n) is 2.05. The van der Waals surface area contributed by atoms with Crippen molar-refractivity contribution < 1.29 is 9.84 Å². The van der Waals surface area contributed by atoms with E-state index in [4.69, 9.17) is 9.84 Å². The van der Waals surface area contributed by atoms with E-state index in [1.54, 1.807) is 17.5 Å². The van der Waals surface area contributed by atoms with Gasteiger partial charge < -0.3 is 14.7 Å². The fourth-order valence-corrected chi connectivity index (χ4v) is 2.85. The van der Waals surface area contributed by atoms with Crippen molar-refractivity contribution in [3.05, 3.63) is 11.1 Å². The molecule has 0 bridgehead atoms. The molecule has 1 unspecified atom stereocenters. The summed E-state index contributed by atoms with van der Waals surface area (Å²) < 4.78 is 5.80. The molecule has 17 heavy (non-hydrogen) atoms. The maximum Gasteiger partial charge on any atom is 0.185 e. The summed E-state index contributed by atoms with van der Waals surface area (Å²) in [4.78, 5) is 7.55. The highest BCUT2D eigenvalue weighted by atomic mass is 32.1. The highest BCUT2D eigenvalue weighted by molar-refractivity contribution is 7.15. The topological polar surface area (TPSA) is 45.6 Å². The van der Waals surface area contributed by atoms with Crippen molar-refractivity contribution in [1.29, 1.82) is 0 Å². The van der Waals surface area contributed by atoms with Crippen LogP contribution in [0.2, 0.25) is 0 Å². The number of aromatic nitrogens is 1. The Hall–Kier alpha value is -0.650. The minimum Gasteiger partial charge on any atom is -0.391 e. The lowest BCUT2D eigenvalue weighted by Gasteiger charge is -2.32. The molecule has 5 heteroatoms. The minimum absolute atomic E-state index is 0.0846. The van der Waals surface area contributed by atoms with Gasteiger partial charge in [0.05, 0.1) is 17.6 Å². The molecule has 2 rings (SSSR count). The minimum atomic E-state index is 0.0846. The second kappa shape index (κ2) is 6.33. The Bertz CT molecular complexity index is 343. The Kier molecular flexibility index (Phi) is 4.76. The molecule has 0 amide bonds. The Morgan fingerprint density at radius 1 is 1.65 bits per heavy atom. The molecule has 0 aliphatic carbocycles. The molecular weight excluding hydrogens is 236 g/mol. The van der Waals surface area contributed by atoms with E-state index in [-0.39, 0.29) is 6.61 Å². The average molecular weight is 256 g/mol. The van der Waals surface area contributed by atoms with Gasteiger partial charge in [0.1, 0.15) is 0 Å². The summed E-state index contributed by atoms with van der Waals surface area (Å²) in [5.41, 5.74) is 0. The van der Waals surface area contributed by atoms with Crippen molar-refractivity contribution in [2.75, 3.05) is 24.6 Å². The highest BCUT2D eigenvalue weighted by Crippen LogP contribution is 2.26. The zero-order valence-corrected chi connectivity index (χ0v) is 11.1. The van der Waals surface area contributed by atoms with Crippen LogP contribution in [0.4, 0.5) is 5.13 Å². The van der Waals surface area contributed by atoms with Crippen molar-refractivity contribution in [1.82, 2.24) is 4.98 Å². The van der Waals surface area contributed by atoms with Gasteiger partial charge in [-0.2, -0.15) is 0 Å². The summed E-state index contributed by atoms with van der Waals surface area (Å²) in [6.07, 6.45) is 5.47. The monoisotopic (exact) mass is 256 g/mol. The first kappa shape index (κ1) is 12.8. The van der Waals surface area contributed by atoms with Gasteiger partial charge in [0.25, 0.3) is 0 Å². The maximum absolute atomic E-state index is 9.04. The second-order valence-electron chi connectivity index (χ2n) is 4.35. The average Bonchev–Trinajstić information content (AvgIpc) is 2.85. The molecule has 0 spiro atoms. The third kappa shape index (κ3) is 3.40. The molecule has 1 saturated heterocycles. The number of hydrogen-bond acceptors (Lipinski definition) is 5. The smallest absolute Gasteiger partial charge is 0.185 e. The molecule has 1 atom stereocenters. The number of nitrogens with zero attached hydrogens (tertiary/aromatic N) is 2. The van der Waals surface area contributed by atoms with Crippen molar-refractivity contribution in [3.8, 4) is 0 Å². The van der Waals surface area contributed by atoms with E-state index in [9.17, 15) is 0 Å². The molecule has 1 aromatic rings. The van der Waals surface area contributed by atoms with Crippen LogP contribution in [-0.2, 0) is 11.3 Å². The van der Waals surface area contributed by atoms with Crippen LogP contribution in [0.15, 0.2) is 6.20 Å².